The van der Waals surface area contributed by atoms with E-state index in [1.807, 2.05) is 0 Å². The molecule has 1 heterocycles. The Morgan fingerprint density at radius 2 is 1.81 bits per heavy atom. The van der Waals surface area contributed by atoms with Gasteiger partial charge in [-0.3, -0.25) is 9.59 Å². The fraction of sp³-hybridized carbons (Fsp3) is 0.867. The van der Waals surface area contributed by atoms with Gasteiger partial charge >= 0.3 is 7.12 Å². The summed E-state index contributed by atoms with van der Waals surface area (Å²) in [6.45, 7) is 1.53. The highest BCUT2D eigenvalue weighted by Gasteiger charge is 2.37. The number of nitrogens with two attached hydrogens (primary N) is 1. The van der Waals surface area contributed by atoms with Crippen molar-refractivity contribution in [1.29, 1.82) is 0 Å². The van der Waals surface area contributed by atoms with Gasteiger partial charge in [-0.25, -0.2) is 0 Å². The summed E-state index contributed by atoms with van der Waals surface area (Å²) in [5.74, 6) is 0.281. The Balaban J connectivity index is 1.78. The molecule has 118 valence electrons. The number of carbonyl (C=O) groups excluding carboxylic acids is 2. The molecule has 2 atom stereocenters. The number of hydrogen-bond donors (Lipinski definition) is 2. The van der Waals surface area contributed by atoms with E-state index in [9.17, 15) is 14.6 Å². The van der Waals surface area contributed by atoms with Crippen LogP contribution in [0.25, 0.3) is 0 Å². The van der Waals surface area contributed by atoms with Crippen molar-refractivity contribution in [3.8, 4) is 0 Å². The zero-order chi connectivity index (χ0) is 15.4. The molecule has 1 saturated carbocycles. The molecule has 0 spiro atoms. The molecule has 0 unspecified atom stereocenters. The molecule has 2 fully saturated rings. The molecular weight excluding hydrogens is 269 g/mol. The van der Waals surface area contributed by atoms with Crippen LogP contribution in [0.5, 0.6) is 0 Å². The zero-order valence-corrected chi connectivity index (χ0v) is 12.8. The molecule has 1 aliphatic carbocycles. The number of carbonyl (C=O) groups is 2. The van der Waals surface area contributed by atoms with Gasteiger partial charge in [0.2, 0.25) is 0 Å². The van der Waals surface area contributed by atoms with Gasteiger partial charge in [0.15, 0.2) is 0 Å². The van der Waals surface area contributed by atoms with Crippen LogP contribution < -0.4 is 5.73 Å². The fourth-order valence-corrected chi connectivity index (χ4v) is 3.46. The maximum Gasteiger partial charge on any atom is 0.458 e. The quantitative estimate of drug-likeness (QED) is 0.750. The van der Waals surface area contributed by atoms with Crippen molar-refractivity contribution in [2.75, 3.05) is 0 Å². The largest absolute Gasteiger partial charge is 0.458 e. The molecule has 0 bridgehead atoms. The fourth-order valence-electron chi connectivity index (χ4n) is 3.46. The summed E-state index contributed by atoms with van der Waals surface area (Å²) in [7, 11) is -0.919. The van der Waals surface area contributed by atoms with E-state index in [0.717, 1.165) is 38.5 Å². The Kier molecular flexibility index (Phi) is 5.96. The third kappa shape index (κ3) is 4.90. The molecule has 0 aromatic rings. The molecular formula is C15H26BNO4. The molecule has 0 radical (unpaired) electrons. The predicted octanol–water partition coefficient (Wildman–Crippen LogP) is 1.47. The summed E-state index contributed by atoms with van der Waals surface area (Å²) in [6.07, 6.45) is 5.60. The number of ketones is 2. The first-order chi connectivity index (χ1) is 9.95. The summed E-state index contributed by atoms with van der Waals surface area (Å²) in [5.41, 5.74) is 5.86. The Morgan fingerprint density at radius 1 is 1.14 bits per heavy atom. The van der Waals surface area contributed by atoms with E-state index in [1.54, 1.807) is 0 Å². The minimum atomic E-state index is -0.919. The van der Waals surface area contributed by atoms with Gasteiger partial charge in [0.1, 0.15) is 11.6 Å². The second-order valence-electron chi connectivity index (χ2n) is 6.67. The molecule has 0 aromatic carbocycles. The number of hydrogen-bond acceptors (Lipinski definition) is 5. The van der Waals surface area contributed by atoms with Crippen LogP contribution in [0.4, 0.5) is 0 Å². The van der Waals surface area contributed by atoms with Crippen molar-refractivity contribution < 1.29 is 19.3 Å². The maximum absolute atomic E-state index is 12.3. The van der Waals surface area contributed by atoms with Crippen LogP contribution >= 0.6 is 0 Å². The minimum absolute atomic E-state index is 0.0697. The SMILES string of the molecule is CC(=O)C[C@@H]1CC[C@H](CC(=O)C2CCC(N)CC2)B(O)O1. The Labute approximate surface area is 126 Å². The van der Waals surface area contributed by atoms with Gasteiger partial charge in [0.25, 0.3) is 0 Å². The zero-order valence-electron chi connectivity index (χ0n) is 12.8. The second kappa shape index (κ2) is 7.52. The monoisotopic (exact) mass is 295 g/mol. The summed E-state index contributed by atoms with van der Waals surface area (Å²) in [6, 6.07) is 0.241. The topological polar surface area (TPSA) is 89.6 Å². The molecule has 6 heteroatoms. The third-order valence-electron chi connectivity index (χ3n) is 4.80. The third-order valence-corrected chi connectivity index (χ3v) is 4.80. The van der Waals surface area contributed by atoms with Crippen molar-refractivity contribution in [2.24, 2.45) is 11.7 Å². The van der Waals surface area contributed by atoms with Gasteiger partial charge in [-0.15, -0.1) is 0 Å². The van der Waals surface area contributed by atoms with Crippen LogP contribution in [0.1, 0.15) is 58.3 Å². The lowest BCUT2D eigenvalue weighted by molar-refractivity contribution is -0.124. The van der Waals surface area contributed by atoms with Crippen LogP contribution in [0.15, 0.2) is 0 Å². The van der Waals surface area contributed by atoms with E-state index in [0.29, 0.717) is 12.8 Å². The molecule has 2 aliphatic rings. The van der Waals surface area contributed by atoms with Crippen molar-refractivity contribution in [1.82, 2.24) is 0 Å². The first-order valence-electron chi connectivity index (χ1n) is 8.07. The highest BCUT2D eigenvalue weighted by Crippen LogP contribution is 2.34. The molecule has 1 saturated heterocycles. The van der Waals surface area contributed by atoms with Crippen molar-refractivity contribution in [3.63, 3.8) is 0 Å². The Morgan fingerprint density at radius 3 is 2.38 bits per heavy atom. The number of rotatable bonds is 5. The van der Waals surface area contributed by atoms with E-state index in [2.05, 4.69) is 0 Å². The first-order valence-corrected chi connectivity index (χ1v) is 8.07. The predicted molar refractivity (Wildman–Crippen MR) is 80.7 cm³/mol. The average Bonchev–Trinajstić information content (AvgIpc) is 2.42. The van der Waals surface area contributed by atoms with Crippen LogP contribution in [-0.4, -0.2) is 35.9 Å². The minimum Gasteiger partial charge on any atom is -0.427 e. The highest BCUT2D eigenvalue weighted by molar-refractivity contribution is 6.45. The van der Waals surface area contributed by atoms with E-state index in [4.69, 9.17) is 10.4 Å². The summed E-state index contributed by atoms with van der Waals surface area (Å²) >= 11 is 0. The van der Waals surface area contributed by atoms with Gasteiger partial charge in [-0.05, 0) is 45.4 Å². The molecule has 0 aromatic heterocycles. The maximum atomic E-state index is 12.3. The van der Waals surface area contributed by atoms with E-state index in [-0.39, 0.29) is 35.4 Å². The lowest BCUT2D eigenvalue weighted by Gasteiger charge is -2.32. The molecule has 0 amide bonds. The van der Waals surface area contributed by atoms with Crippen molar-refractivity contribution in [3.05, 3.63) is 0 Å². The Hall–Kier alpha value is -0.715. The molecule has 5 nitrogen and oxygen atoms in total. The van der Waals surface area contributed by atoms with Crippen LogP contribution in [0, 0.1) is 5.92 Å². The van der Waals surface area contributed by atoms with E-state index < -0.39 is 7.12 Å². The van der Waals surface area contributed by atoms with Gasteiger partial charge in [0.05, 0.1) is 0 Å². The van der Waals surface area contributed by atoms with E-state index >= 15 is 0 Å². The van der Waals surface area contributed by atoms with Gasteiger partial charge < -0.3 is 15.4 Å². The van der Waals surface area contributed by atoms with Crippen molar-refractivity contribution in [2.45, 2.75) is 76.3 Å². The summed E-state index contributed by atoms with van der Waals surface area (Å²) in [4.78, 5) is 23.4. The molecule has 1 aliphatic heterocycles. The lowest BCUT2D eigenvalue weighted by atomic mass is 9.63. The van der Waals surface area contributed by atoms with Crippen LogP contribution in [0.3, 0.4) is 0 Å². The Bertz CT molecular complexity index is 382. The molecule has 3 N–H and O–H groups in total. The summed E-state index contributed by atoms with van der Waals surface area (Å²) in [5, 5.41) is 10.0. The number of Topliss-reactive ketones (excluding diaryl/α,β-unsaturated/α-hetero) is 2. The van der Waals surface area contributed by atoms with E-state index in [1.165, 1.54) is 6.92 Å². The lowest BCUT2D eigenvalue weighted by Crippen LogP contribution is -2.38. The second-order valence-corrected chi connectivity index (χ2v) is 6.67. The van der Waals surface area contributed by atoms with Gasteiger partial charge in [0, 0.05) is 36.7 Å². The standard InChI is InChI=1S/C15H26BNO4/c1-10(18)8-14-7-4-12(16(20)21-14)9-15(19)11-2-5-13(17)6-3-11/h11-14,20H,2-9,17H2,1H3/t11?,12-,13?,14+/m1/s1. The van der Waals surface area contributed by atoms with Crippen molar-refractivity contribution >= 4 is 18.7 Å². The average molecular weight is 295 g/mol. The first kappa shape index (κ1) is 16.7. The van der Waals surface area contributed by atoms with Crippen LogP contribution in [0.2, 0.25) is 5.82 Å². The highest BCUT2D eigenvalue weighted by atomic mass is 16.5. The summed E-state index contributed by atoms with van der Waals surface area (Å²) < 4.78 is 5.48. The smallest absolute Gasteiger partial charge is 0.427 e. The van der Waals surface area contributed by atoms with Gasteiger partial charge in [-0.2, -0.15) is 0 Å². The van der Waals surface area contributed by atoms with Gasteiger partial charge in [-0.1, -0.05) is 0 Å². The normalized spacial score (nSPS) is 33.8. The van der Waals surface area contributed by atoms with Crippen LogP contribution in [-0.2, 0) is 14.2 Å². The molecule has 2 rings (SSSR count). The molecule has 21 heavy (non-hydrogen) atoms.